The van der Waals surface area contributed by atoms with E-state index in [2.05, 4.69) is 15.8 Å². The topological polar surface area (TPSA) is 84.2 Å². The first-order chi connectivity index (χ1) is 14.4. The number of benzene rings is 2. The highest BCUT2D eigenvalue weighted by Gasteiger charge is 2.18. The summed E-state index contributed by atoms with van der Waals surface area (Å²) in [4.78, 5) is 29.8. The van der Waals surface area contributed by atoms with E-state index in [1.807, 2.05) is 56.3 Å². The van der Waals surface area contributed by atoms with Gasteiger partial charge in [0.2, 0.25) is 5.91 Å². The number of carbonyl (C=O) groups excluding carboxylic acids is 2. The van der Waals surface area contributed by atoms with Crippen LogP contribution >= 0.6 is 11.3 Å². The number of hydrazine groups is 1. The molecule has 0 aliphatic carbocycles. The Kier molecular flexibility index (Phi) is 5.37. The van der Waals surface area contributed by atoms with Gasteiger partial charge >= 0.3 is 0 Å². The molecule has 0 atom stereocenters. The van der Waals surface area contributed by atoms with Crippen LogP contribution in [0.3, 0.4) is 0 Å². The Balaban J connectivity index is 1.42. The van der Waals surface area contributed by atoms with Crippen LogP contribution in [0.5, 0.6) is 0 Å². The van der Waals surface area contributed by atoms with Crippen molar-refractivity contribution >= 4 is 34.1 Å². The van der Waals surface area contributed by atoms with Crippen molar-refractivity contribution in [3.63, 3.8) is 0 Å². The van der Waals surface area contributed by atoms with Gasteiger partial charge in [-0.15, -0.1) is 11.3 Å². The monoisotopic (exact) mass is 419 g/mol. The summed E-state index contributed by atoms with van der Waals surface area (Å²) in [6, 6.07) is 13.6. The highest BCUT2D eigenvalue weighted by atomic mass is 32.1. The third-order valence-corrected chi connectivity index (χ3v) is 6.24. The van der Waals surface area contributed by atoms with E-state index in [4.69, 9.17) is 4.42 Å². The van der Waals surface area contributed by atoms with E-state index in [9.17, 15) is 9.59 Å². The number of rotatable bonds is 4. The standard InChI is InChI=1S/C23H21N3O3S/c1-13-9-10-18-17(12-29-20(18)14(13)2)11-19(27)25-26-22(28)21-15(3)24-23(30-21)16-7-5-4-6-8-16/h4-10,12H,11H2,1-3H3,(H,25,27)(H,26,28). The smallest absolute Gasteiger partial charge is 0.281 e. The molecule has 0 aliphatic heterocycles. The zero-order chi connectivity index (χ0) is 21.3. The van der Waals surface area contributed by atoms with Gasteiger partial charge in [0.1, 0.15) is 15.5 Å². The fraction of sp³-hybridized carbons (Fsp3) is 0.174. The maximum atomic E-state index is 12.5. The lowest BCUT2D eigenvalue weighted by molar-refractivity contribution is -0.121. The van der Waals surface area contributed by atoms with E-state index in [1.54, 1.807) is 13.2 Å². The number of aryl methyl sites for hydroxylation is 3. The highest BCUT2D eigenvalue weighted by molar-refractivity contribution is 7.17. The Morgan fingerprint density at radius 3 is 2.57 bits per heavy atom. The molecule has 0 radical (unpaired) electrons. The molecular formula is C23H21N3O3S. The van der Waals surface area contributed by atoms with E-state index >= 15 is 0 Å². The maximum absolute atomic E-state index is 12.5. The predicted molar refractivity (Wildman–Crippen MR) is 117 cm³/mol. The molecule has 7 heteroatoms. The Bertz CT molecular complexity index is 1240. The number of carbonyl (C=O) groups is 2. The molecular weight excluding hydrogens is 398 g/mol. The molecule has 0 saturated heterocycles. The number of aromatic nitrogens is 1. The van der Waals surface area contributed by atoms with E-state index in [1.165, 1.54) is 11.3 Å². The van der Waals surface area contributed by atoms with Gasteiger partial charge < -0.3 is 4.42 Å². The summed E-state index contributed by atoms with van der Waals surface area (Å²) in [6.45, 7) is 5.79. The first kappa shape index (κ1) is 19.8. The molecule has 30 heavy (non-hydrogen) atoms. The zero-order valence-electron chi connectivity index (χ0n) is 16.9. The first-order valence-electron chi connectivity index (χ1n) is 9.52. The van der Waals surface area contributed by atoms with Gasteiger partial charge in [0.25, 0.3) is 5.91 Å². The van der Waals surface area contributed by atoms with E-state index in [0.29, 0.717) is 10.6 Å². The molecule has 0 aliphatic rings. The van der Waals surface area contributed by atoms with Crippen LogP contribution in [-0.2, 0) is 11.2 Å². The number of amides is 2. The van der Waals surface area contributed by atoms with Crippen molar-refractivity contribution in [2.45, 2.75) is 27.2 Å². The molecule has 0 fully saturated rings. The van der Waals surface area contributed by atoms with Gasteiger partial charge in [-0.3, -0.25) is 20.4 Å². The van der Waals surface area contributed by atoms with Crippen molar-refractivity contribution in [1.82, 2.24) is 15.8 Å². The minimum atomic E-state index is -0.385. The van der Waals surface area contributed by atoms with Crippen molar-refractivity contribution in [3.05, 3.63) is 76.0 Å². The molecule has 2 heterocycles. The van der Waals surface area contributed by atoms with Crippen LogP contribution in [-0.4, -0.2) is 16.8 Å². The highest BCUT2D eigenvalue weighted by Crippen LogP contribution is 2.28. The summed E-state index contributed by atoms with van der Waals surface area (Å²) < 4.78 is 5.64. The molecule has 4 rings (SSSR count). The number of thiazole rings is 1. The van der Waals surface area contributed by atoms with Gasteiger partial charge in [-0.2, -0.15) is 0 Å². The van der Waals surface area contributed by atoms with Gasteiger partial charge in [-0.1, -0.05) is 42.5 Å². The lowest BCUT2D eigenvalue weighted by Crippen LogP contribution is -2.42. The lowest BCUT2D eigenvalue weighted by atomic mass is 10.0. The number of furan rings is 1. The van der Waals surface area contributed by atoms with Gasteiger partial charge in [0.05, 0.1) is 18.4 Å². The normalized spacial score (nSPS) is 10.9. The van der Waals surface area contributed by atoms with Gasteiger partial charge in [0, 0.05) is 16.5 Å². The second kappa shape index (κ2) is 8.12. The van der Waals surface area contributed by atoms with E-state index < -0.39 is 0 Å². The molecule has 152 valence electrons. The molecule has 4 aromatic rings. The van der Waals surface area contributed by atoms with Crippen molar-refractivity contribution in [3.8, 4) is 10.6 Å². The van der Waals surface area contributed by atoms with E-state index in [-0.39, 0.29) is 18.2 Å². The molecule has 2 aromatic heterocycles. The first-order valence-corrected chi connectivity index (χ1v) is 10.3. The summed E-state index contributed by atoms with van der Waals surface area (Å²) in [5, 5.41) is 1.67. The molecule has 2 aromatic carbocycles. The summed E-state index contributed by atoms with van der Waals surface area (Å²) in [7, 11) is 0. The SMILES string of the molecule is Cc1ccc2c(CC(=O)NNC(=O)c3sc(-c4ccccc4)nc3C)coc2c1C. The van der Waals surface area contributed by atoms with Crippen LogP contribution in [0.4, 0.5) is 0 Å². The van der Waals surface area contributed by atoms with Crippen LogP contribution in [0.15, 0.2) is 53.1 Å². The molecule has 2 N–H and O–H groups in total. The van der Waals surface area contributed by atoms with Gasteiger partial charge in [-0.05, 0) is 31.9 Å². The Morgan fingerprint density at radius 1 is 1.03 bits per heavy atom. The maximum Gasteiger partial charge on any atom is 0.281 e. The van der Waals surface area contributed by atoms with Crippen LogP contribution < -0.4 is 10.9 Å². The van der Waals surface area contributed by atoms with Crippen molar-refractivity contribution in [1.29, 1.82) is 0 Å². The number of hydrogen-bond acceptors (Lipinski definition) is 5. The quantitative estimate of drug-likeness (QED) is 0.478. The average molecular weight is 420 g/mol. The third kappa shape index (κ3) is 3.84. The fourth-order valence-electron chi connectivity index (χ4n) is 3.24. The molecule has 0 spiro atoms. The number of nitrogens with one attached hydrogen (secondary N) is 2. The minimum absolute atomic E-state index is 0.104. The van der Waals surface area contributed by atoms with Gasteiger partial charge in [0.15, 0.2) is 0 Å². The summed E-state index contributed by atoms with van der Waals surface area (Å²) in [6.07, 6.45) is 1.70. The number of nitrogens with zero attached hydrogens (tertiary/aromatic N) is 1. The third-order valence-electron chi connectivity index (χ3n) is 5.03. The second-order valence-corrected chi connectivity index (χ2v) is 8.12. The summed E-state index contributed by atoms with van der Waals surface area (Å²) in [5.74, 6) is -0.709. The van der Waals surface area contributed by atoms with Crippen molar-refractivity contribution in [2.75, 3.05) is 0 Å². The number of fused-ring (bicyclic) bond motifs is 1. The van der Waals surface area contributed by atoms with Crippen LogP contribution in [0.2, 0.25) is 0 Å². The molecule has 6 nitrogen and oxygen atoms in total. The molecule has 0 bridgehead atoms. The van der Waals surface area contributed by atoms with Crippen molar-refractivity contribution < 1.29 is 14.0 Å². The molecule has 2 amide bonds. The van der Waals surface area contributed by atoms with Gasteiger partial charge in [-0.25, -0.2) is 4.98 Å². The lowest BCUT2D eigenvalue weighted by Gasteiger charge is -2.06. The fourth-order valence-corrected chi connectivity index (χ4v) is 4.20. The average Bonchev–Trinajstić information content (AvgIpc) is 3.33. The molecule has 0 unspecified atom stereocenters. The Labute approximate surface area is 177 Å². The van der Waals surface area contributed by atoms with Crippen molar-refractivity contribution in [2.24, 2.45) is 0 Å². The Morgan fingerprint density at radius 2 is 1.80 bits per heavy atom. The molecule has 0 saturated carbocycles. The van der Waals surface area contributed by atoms with Crippen LogP contribution in [0.1, 0.15) is 32.1 Å². The van der Waals surface area contributed by atoms with E-state index in [0.717, 1.165) is 38.2 Å². The zero-order valence-corrected chi connectivity index (χ0v) is 17.7. The largest absolute Gasteiger partial charge is 0.464 e. The number of hydrogen-bond donors (Lipinski definition) is 2. The Hall–Kier alpha value is -3.45. The predicted octanol–water partition coefficient (Wildman–Crippen LogP) is 4.49. The van der Waals surface area contributed by atoms with Crippen LogP contribution in [0, 0.1) is 20.8 Å². The summed E-state index contributed by atoms with van der Waals surface area (Å²) in [5.41, 5.74) is 10.3. The summed E-state index contributed by atoms with van der Waals surface area (Å²) >= 11 is 1.29. The van der Waals surface area contributed by atoms with Crippen LogP contribution in [0.25, 0.3) is 21.5 Å². The minimum Gasteiger partial charge on any atom is -0.464 e. The second-order valence-electron chi connectivity index (χ2n) is 7.12.